The minimum absolute atomic E-state index is 0.0229. The van der Waals surface area contributed by atoms with Gasteiger partial charge >= 0.3 is 12.1 Å². The molecular weight excluding hydrogens is 558 g/mol. The van der Waals surface area contributed by atoms with Crippen molar-refractivity contribution in [3.8, 4) is 0 Å². The van der Waals surface area contributed by atoms with Crippen LogP contribution in [0, 0.1) is 0 Å². The second-order valence-corrected chi connectivity index (χ2v) is 10.7. The van der Waals surface area contributed by atoms with Gasteiger partial charge in [-0.3, -0.25) is 19.2 Å². The number of esters is 1. The Balaban J connectivity index is 2.21. The fraction of sp³-hybridized carbons (Fsp3) is 0.400. The van der Waals surface area contributed by atoms with Gasteiger partial charge in [0.25, 0.3) is 0 Å². The van der Waals surface area contributed by atoms with E-state index < -0.39 is 72.4 Å². The predicted molar refractivity (Wildman–Crippen MR) is 156 cm³/mol. The Morgan fingerprint density at radius 1 is 0.744 bits per heavy atom. The molecule has 0 bridgehead atoms. The molecule has 0 aliphatic heterocycles. The molecule has 0 aliphatic rings. The van der Waals surface area contributed by atoms with Crippen LogP contribution in [-0.4, -0.2) is 73.1 Å². The summed E-state index contributed by atoms with van der Waals surface area (Å²) in [7, 11) is 1.20. The van der Waals surface area contributed by atoms with E-state index in [1.807, 2.05) is 6.07 Å². The minimum atomic E-state index is -1.46. The van der Waals surface area contributed by atoms with Crippen molar-refractivity contribution in [2.24, 2.45) is 5.73 Å². The molecule has 3 atom stereocenters. The zero-order chi connectivity index (χ0) is 32.0. The minimum Gasteiger partial charge on any atom is -0.467 e. The molecule has 232 valence electrons. The van der Waals surface area contributed by atoms with Crippen molar-refractivity contribution >= 4 is 35.7 Å². The van der Waals surface area contributed by atoms with Crippen LogP contribution < -0.4 is 27.0 Å². The molecule has 0 radical (unpaired) electrons. The van der Waals surface area contributed by atoms with E-state index in [9.17, 15) is 28.8 Å². The van der Waals surface area contributed by atoms with Gasteiger partial charge in [-0.1, -0.05) is 60.7 Å². The molecule has 0 unspecified atom stereocenters. The van der Waals surface area contributed by atoms with E-state index in [1.165, 1.54) is 7.11 Å². The van der Waals surface area contributed by atoms with Gasteiger partial charge in [0.05, 0.1) is 13.5 Å². The van der Waals surface area contributed by atoms with E-state index in [-0.39, 0.29) is 12.8 Å². The molecule has 0 saturated heterocycles. The van der Waals surface area contributed by atoms with Crippen LogP contribution in [0.1, 0.15) is 38.3 Å². The van der Waals surface area contributed by atoms with Crippen LogP contribution in [0.3, 0.4) is 0 Å². The van der Waals surface area contributed by atoms with Crippen LogP contribution in [0.2, 0.25) is 0 Å². The summed E-state index contributed by atoms with van der Waals surface area (Å²) in [6, 6.07) is 14.0. The van der Waals surface area contributed by atoms with Crippen molar-refractivity contribution in [2.75, 3.05) is 13.7 Å². The Morgan fingerprint density at radius 3 is 1.72 bits per heavy atom. The summed E-state index contributed by atoms with van der Waals surface area (Å²) in [5, 5.41) is 9.81. The smallest absolute Gasteiger partial charge is 0.408 e. The van der Waals surface area contributed by atoms with Crippen LogP contribution >= 0.6 is 0 Å². The molecule has 5 amide bonds. The first kappa shape index (κ1) is 34.3. The molecule has 0 fully saturated rings. The lowest BCUT2D eigenvalue weighted by molar-refractivity contribution is -0.145. The van der Waals surface area contributed by atoms with E-state index in [4.69, 9.17) is 15.2 Å². The molecule has 0 aliphatic carbocycles. The number of hydrogen-bond donors (Lipinski definition) is 5. The van der Waals surface area contributed by atoms with Gasteiger partial charge in [0.15, 0.2) is 0 Å². The summed E-state index contributed by atoms with van der Waals surface area (Å²) in [5.74, 6) is -3.95. The van der Waals surface area contributed by atoms with Gasteiger partial charge in [-0.05, 0) is 31.9 Å². The zero-order valence-corrected chi connectivity index (χ0v) is 24.7. The lowest BCUT2D eigenvalue weighted by Gasteiger charge is -2.25. The quantitative estimate of drug-likeness (QED) is 0.194. The summed E-state index contributed by atoms with van der Waals surface area (Å²) in [6.07, 6.45) is -1.28. The van der Waals surface area contributed by atoms with Crippen molar-refractivity contribution in [1.82, 2.24) is 21.3 Å². The van der Waals surface area contributed by atoms with Crippen molar-refractivity contribution < 1.29 is 38.2 Å². The average Bonchev–Trinajstić information content (AvgIpc) is 2.94. The molecule has 2 aromatic rings. The number of nitrogens with one attached hydrogen (secondary N) is 4. The highest BCUT2D eigenvalue weighted by molar-refractivity contribution is 5.96. The molecule has 13 nitrogen and oxygen atoms in total. The maximum absolute atomic E-state index is 13.5. The van der Waals surface area contributed by atoms with Gasteiger partial charge in [-0.15, -0.1) is 0 Å². The van der Waals surface area contributed by atoms with E-state index in [1.54, 1.807) is 75.4 Å². The first-order valence-electron chi connectivity index (χ1n) is 13.6. The van der Waals surface area contributed by atoms with Crippen LogP contribution in [0.4, 0.5) is 4.79 Å². The number of carbonyl (C=O) groups excluding carboxylic acids is 6. The summed E-state index contributed by atoms with van der Waals surface area (Å²) in [5.41, 5.74) is 5.98. The molecule has 0 heterocycles. The fourth-order valence-electron chi connectivity index (χ4n) is 3.91. The van der Waals surface area contributed by atoms with E-state index in [0.717, 1.165) is 5.56 Å². The molecule has 0 aromatic heterocycles. The number of carbonyl (C=O) groups is 6. The highest BCUT2D eigenvalue weighted by Crippen LogP contribution is 2.09. The largest absolute Gasteiger partial charge is 0.467 e. The van der Waals surface area contributed by atoms with Gasteiger partial charge in [0, 0.05) is 12.8 Å². The second-order valence-electron chi connectivity index (χ2n) is 10.7. The third-order valence-corrected chi connectivity index (χ3v) is 5.85. The molecule has 6 N–H and O–H groups in total. The molecule has 0 spiro atoms. The number of primary amides is 1. The molecular formula is C30H39N5O8. The summed E-state index contributed by atoms with van der Waals surface area (Å²) in [6.45, 7) is 4.40. The maximum Gasteiger partial charge on any atom is 0.408 e. The Kier molecular flexibility index (Phi) is 13.1. The van der Waals surface area contributed by atoms with Crippen molar-refractivity contribution in [2.45, 2.75) is 63.8 Å². The first-order valence-corrected chi connectivity index (χ1v) is 13.6. The fourth-order valence-corrected chi connectivity index (χ4v) is 3.91. The second kappa shape index (κ2) is 16.5. The Hall–Kier alpha value is -4.94. The monoisotopic (exact) mass is 597 g/mol. The Labute approximate surface area is 250 Å². The summed E-state index contributed by atoms with van der Waals surface area (Å²) in [4.78, 5) is 75.4. The summed E-state index contributed by atoms with van der Waals surface area (Å²) >= 11 is 0. The van der Waals surface area contributed by atoms with Gasteiger partial charge in [0.1, 0.15) is 30.3 Å². The van der Waals surface area contributed by atoms with Gasteiger partial charge in [-0.25, -0.2) is 9.59 Å². The Morgan fingerprint density at radius 2 is 1.23 bits per heavy atom. The number of hydrogen-bond acceptors (Lipinski definition) is 8. The predicted octanol–water partition coefficient (Wildman–Crippen LogP) is 0.499. The van der Waals surface area contributed by atoms with Gasteiger partial charge in [-0.2, -0.15) is 0 Å². The molecule has 2 rings (SSSR count). The Bertz CT molecular complexity index is 1260. The molecule has 13 heteroatoms. The third kappa shape index (κ3) is 13.1. The number of amides is 5. The van der Waals surface area contributed by atoms with Crippen LogP contribution in [0.25, 0.3) is 0 Å². The van der Waals surface area contributed by atoms with Crippen LogP contribution in [0.5, 0.6) is 0 Å². The lowest BCUT2D eigenvalue weighted by Crippen LogP contribution is -2.58. The SMILES string of the molecule is COC(=O)[C@H](Cc1ccccc1)NC(=O)[C@H](Cc1ccccc1)NC(=O)[C@H](CC(N)=O)NC(=O)CNC(=O)OC(C)(C)C. The number of methoxy groups -OCH3 is 1. The average molecular weight is 598 g/mol. The molecule has 0 saturated carbocycles. The number of benzene rings is 2. The number of ether oxygens (including phenoxy) is 2. The van der Waals surface area contributed by atoms with E-state index in [2.05, 4.69) is 21.3 Å². The molecule has 43 heavy (non-hydrogen) atoms. The standard InChI is InChI=1S/C30H39N5O8/c1-30(2,3)43-29(41)32-18-25(37)33-22(17-24(31)36)27(39)34-21(15-19-11-7-5-8-12-19)26(38)35-23(28(40)42-4)16-20-13-9-6-10-14-20/h5-14,21-23H,15-18H2,1-4H3,(H2,31,36)(H,32,41)(H,33,37)(H,34,39)(H,35,38)/t21-,22-,23-/m0/s1. The normalized spacial score (nSPS) is 12.9. The van der Waals surface area contributed by atoms with Crippen molar-refractivity contribution in [3.05, 3.63) is 71.8 Å². The van der Waals surface area contributed by atoms with Gasteiger partial charge < -0.3 is 36.5 Å². The number of alkyl carbamates (subject to hydrolysis) is 1. The van der Waals surface area contributed by atoms with Gasteiger partial charge in [0.2, 0.25) is 23.6 Å². The van der Waals surface area contributed by atoms with Crippen molar-refractivity contribution in [1.29, 1.82) is 0 Å². The maximum atomic E-state index is 13.5. The number of nitrogens with two attached hydrogens (primary N) is 1. The highest BCUT2D eigenvalue weighted by Gasteiger charge is 2.31. The summed E-state index contributed by atoms with van der Waals surface area (Å²) < 4.78 is 9.95. The third-order valence-electron chi connectivity index (χ3n) is 5.85. The highest BCUT2D eigenvalue weighted by atomic mass is 16.6. The molecule has 2 aromatic carbocycles. The topological polar surface area (TPSA) is 195 Å². The lowest BCUT2D eigenvalue weighted by atomic mass is 10.0. The van der Waals surface area contributed by atoms with Crippen molar-refractivity contribution in [3.63, 3.8) is 0 Å². The number of rotatable bonds is 14. The van der Waals surface area contributed by atoms with Crippen LogP contribution in [0.15, 0.2) is 60.7 Å². The zero-order valence-electron chi connectivity index (χ0n) is 24.7. The van der Waals surface area contributed by atoms with Crippen LogP contribution in [-0.2, 0) is 46.3 Å². The first-order chi connectivity index (χ1) is 20.3. The van der Waals surface area contributed by atoms with E-state index in [0.29, 0.717) is 5.56 Å². The van der Waals surface area contributed by atoms with E-state index >= 15 is 0 Å².